The maximum atomic E-state index is 13.1. The Morgan fingerprint density at radius 3 is 3.12 bits per heavy atom. The molecule has 2 N–H and O–H groups in total. The average Bonchev–Trinajstić information content (AvgIpc) is 2.27. The van der Waals surface area contributed by atoms with E-state index in [1.165, 1.54) is 12.1 Å². The Bertz CT molecular complexity index is 372. The molecule has 0 bridgehead atoms. The van der Waals surface area contributed by atoms with Gasteiger partial charge in [-0.2, -0.15) is 11.8 Å². The van der Waals surface area contributed by atoms with E-state index in [1.807, 2.05) is 0 Å². The van der Waals surface area contributed by atoms with Gasteiger partial charge in [0.15, 0.2) is 0 Å². The number of nitrogens with two attached hydrogens (primary N) is 1. The Balaban J connectivity index is 2.13. The normalized spacial score (nSPS) is 23.7. The Morgan fingerprint density at radius 1 is 1.56 bits per heavy atom. The van der Waals surface area contributed by atoms with Gasteiger partial charge in [-0.3, -0.25) is 0 Å². The highest BCUT2D eigenvalue weighted by Crippen LogP contribution is 2.34. The lowest BCUT2D eigenvalue weighted by Crippen LogP contribution is -2.30. The van der Waals surface area contributed by atoms with Gasteiger partial charge in [0, 0.05) is 18.0 Å². The molecule has 0 amide bonds. The van der Waals surface area contributed by atoms with Gasteiger partial charge >= 0.3 is 0 Å². The molecule has 0 aromatic heterocycles. The van der Waals surface area contributed by atoms with Crippen LogP contribution in [0.2, 0.25) is 0 Å². The quantitative estimate of drug-likeness (QED) is 0.883. The molecule has 0 radical (unpaired) electrons. The number of fused-ring (bicyclic) bond motifs is 1. The standard InChI is InChI=1S/C12H16FNOS/c1-16-5-4-9-7-11(14)10-6-8(13)2-3-12(10)15-9/h2-3,6,9,11H,4-5,7,14H2,1H3/t9?,11-/m0/s1. The summed E-state index contributed by atoms with van der Waals surface area (Å²) in [7, 11) is 0. The van der Waals surface area contributed by atoms with Gasteiger partial charge in [0.2, 0.25) is 0 Å². The Kier molecular flexibility index (Phi) is 3.71. The fourth-order valence-electron chi connectivity index (χ4n) is 1.98. The topological polar surface area (TPSA) is 35.2 Å². The van der Waals surface area contributed by atoms with Crippen LogP contribution in [0.3, 0.4) is 0 Å². The first-order valence-electron chi connectivity index (χ1n) is 5.41. The molecule has 1 aliphatic rings. The van der Waals surface area contributed by atoms with Gasteiger partial charge in [-0.25, -0.2) is 4.39 Å². The minimum absolute atomic E-state index is 0.105. The Hall–Kier alpha value is -0.740. The minimum Gasteiger partial charge on any atom is -0.490 e. The molecule has 1 aliphatic heterocycles. The van der Waals surface area contributed by atoms with Crippen LogP contribution in [0.5, 0.6) is 5.75 Å². The zero-order valence-electron chi connectivity index (χ0n) is 9.28. The summed E-state index contributed by atoms with van der Waals surface area (Å²) in [5.74, 6) is 1.56. The number of thioether (sulfide) groups is 1. The molecule has 0 spiro atoms. The summed E-state index contributed by atoms with van der Waals surface area (Å²) in [6.07, 6.45) is 4.01. The lowest BCUT2D eigenvalue weighted by Gasteiger charge is -2.30. The van der Waals surface area contributed by atoms with Crippen molar-refractivity contribution in [2.24, 2.45) is 5.73 Å². The molecule has 0 saturated carbocycles. The second kappa shape index (κ2) is 5.06. The van der Waals surface area contributed by atoms with Crippen molar-refractivity contribution in [1.82, 2.24) is 0 Å². The molecule has 2 nitrogen and oxygen atoms in total. The van der Waals surface area contributed by atoms with Crippen molar-refractivity contribution in [2.45, 2.75) is 25.0 Å². The highest BCUT2D eigenvalue weighted by atomic mass is 32.2. The number of hydrogen-bond donors (Lipinski definition) is 1. The molecular weight excluding hydrogens is 225 g/mol. The smallest absolute Gasteiger partial charge is 0.124 e. The van der Waals surface area contributed by atoms with E-state index in [9.17, 15) is 4.39 Å². The molecule has 0 aliphatic carbocycles. The van der Waals surface area contributed by atoms with E-state index >= 15 is 0 Å². The van der Waals surface area contributed by atoms with Gasteiger partial charge in [0.05, 0.1) is 0 Å². The fourth-order valence-corrected chi connectivity index (χ4v) is 2.48. The molecule has 2 atom stereocenters. The summed E-state index contributed by atoms with van der Waals surface area (Å²) in [5.41, 5.74) is 6.82. The second-order valence-corrected chi connectivity index (χ2v) is 5.03. The molecule has 1 aromatic rings. The molecule has 0 saturated heterocycles. The van der Waals surface area contributed by atoms with Crippen LogP contribution in [0.1, 0.15) is 24.4 Å². The van der Waals surface area contributed by atoms with Crippen LogP contribution in [0.4, 0.5) is 4.39 Å². The summed E-state index contributed by atoms with van der Waals surface area (Å²) < 4.78 is 18.9. The molecule has 16 heavy (non-hydrogen) atoms. The van der Waals surface area contributed by atoms with Crippen molar-refractivity contribution in [3.63, 3.8) is 0 Å². The summed E-state index contributed by atoms with van der Waals surface area (Å²) in [4.78, 5) is 0. The number of benzene rings is 1. The number of hydrogen-bond acceptors (Lipinski definition) is 3. The Morgan fingerprint density at radius 2 is 2.38 bits per heavy atom. The third-order valence-corrected chi connectivity index (χ3v) is 3.47. The van der Waals surface area contributed by atoms with E-state index in [0.29, 0.717) is 0 Å². The summed E-state index contributed by atoms with van der Waals surface area (Å²) in [5, 5.41) is 0. The number of halogens is 1. The first-order valence-corrected chi connectivity index (χ1v) is 6.80. The maximum absolute atomic E-state index is 13.1. The zero-order valence-corrected chi connectivity index (χ0v) is 10.1. The van der Waals surface area contributed by atoms with Crippen molar-refractivity contribution in [1.29, 1.82) is 0 Å². The van der Waals surface area contributed by atoms with Crippen LogP contribution in [-0.4, -0.2) is 18.1 Å². The van der Waals surface area contributed by atoms with Gasteiger partial charge < -0.3 is 10.5 Å². The Labute approximate surface area is 99.4 Å². The summed E-state index contributed by atoms with van der Waals surface area (Å²) >= 11 is 1.80. The number of ether oxygens (including phenoxy) is 1. The van der Waals surface area contributed by atoms with Crippen LogP contribution in [0.15, 0.2) is 18.2 Å². The minimum atomic E-state index is -0.250. The van der Waals surface area contributed by atoms with Crippen molar-refractivity contribution in [3.05, 3.63) is 29.6 Å². The van der Waals surface area contributed by atoms with Crippen molar-refractivity contribution in [2.75, 3.05) is 12.0 Å². The van der Waals surface area contributed by atoms with E-state index in [-0.39, 0.29) is 18.0 Å². The lowest BCUT2D eigenvalue weighted by atomic mass is 9.96. The van der Waals surface area contributed by atoms with Crippen LogP contribution < -0.4 is 10.5 Å². The molecule has 88 valence electrons. The van der Waals surface area contributed by atoms with Gasteiger partial charge in [-0.15, -0.1) is 0 Å². The molecule has 4 heteroatoms. The van der Waals surface area contributed by atoms with E-state index in [2.05, 4.69) is 6.26 Å². The first kappa shape index (κ1) is 11.7. The van der Waals surface area contributed by atoms with E-state index in [1.54, 1.807) is 17.8 Å². The predicted octanol–water partition coefficient (Wildman–Crippen LogP) is 2.73. The highest BCUT2D eigenvalue weighted by molar-refractivity contribution is 7.98. The van der Waals surface area contributed by atoms with Gasteiger partial charge in [-0.1, -0.05) is 0 Å². The monoisotopic (exact) mass is 241 g/mol. The van der Waals surface area contributed by atoms with Gasteiger partial charge in [0.1, 0.15) is 17.7 Å². The van der Waals surface area contributed by atoms with Crippen molar-refractivity contribution in [3.8, 4) is 5.75 Å². The lowest BCUT2D eigenvalue weighted by molar-refractivity contribution is 0.156. The van der Waals surface area contributed by atoms with Gasteiger partial charge in [-0.05, 0) is 36.6 Å². The third-order valence-electron chi connectivity index (χ3n) is 2.83. The molecular formula is C12H16FNOS. The van der Waals surface area contributed by atoms with E-state index < -0.39 is 0 Å². The fraction of sp³-hybridized carbons (Fsp3) is 0.500. The SMILES string of the molecule is CSCCC1C[C@H](N)c2cc(F)ccc2O1. The van der Waals surface area contributed by atoms with E-state index in [4.69, 9.17) is 10.5 Å². The van der Waals surface area contributed by atoms with Crippen molar-refractivity contribution < 1.29 is 9.13 Å². The number of rotatable bonds is 3. The van der Waals surface area contributed by atoms with Crippen LogP contribution >= 0.6 is 11.8 Å². The van der Waals surface area contributed by atoms with Gasteiger partial charge in [0.25, 0.3) is 0 Å². The summed E-state index contributed by atoms with van der Waals surface area (Å²) in [6.45, 7) is 0. The maximum Gasteiger partial charge on any atom is 0.124 e. The van der Waals surface area contributed by atoms with E-state index in [0.717, 1.165) is 29.9 Å². The van der Waals surface area contributed by atoms with Crippen LogP contribution in [0.25, 0.3) is 0 Å². The van der Waals surface area contributed by atoms with Crippen molar-refractivity contribution >= 4 is 11.8 Å². The first-order chi connectivity index (χ1) is 7.70. The third kappa shape index (κ3) is 2.50. The highest BCUT2D eigenvalue weighted by Gasteiger charge is 2.25. The molecule has 1 unspecified atom stereocenters. The zero-order chi connectivity index (χ0) is 11.5. The van der Waals surface area contributed by atoms with Crippen LogP contribution in [-0.2, 0) is 0 Å². The summed E-state index contributed by atoms with van der Waals surface area (Å²) in [6, 6.07) is 4.47. The van der Waals surface area contributed by atoms with Crippen LogP contribution in [0, 0.1) is 5.82 Å². The molecule has 2 rings (SSSR count). The predicted molar refractivity (Wildman–Crippen MR) is 65.4 cm³/mol. The largest absolute Gasteiger partial charge is 0.490 e. The molecule has 0 fully saturated rings. The molecule has 1 aromatic carbocycles. The molecule has 1 heterocycles. The second-order valence-electron chi connectivity index (χ2n) is 4.05. The average molecular weight is 241 g/mol.